The number of nitrogens with one attached hydrogen (secondary N) is 3. The zero-order valence-corrected chi connectivity index (χ0v) is 14.1. The number of rotatable bonds is 4. The molecular formula is C17H15N3O4S. The summed E-state index contributed by atoms with van der Waals surface area (Å²) in [4.78, 5) is 16.9. The van der Waals surface area contributed by atoms with Crippen LogP contribution in [-0.2, 0) is 16.6 Å². The number of fused-ring (bicyclic) bond motifs is 2. The molecule has 0 aliphatic carbocycles. The average Bonchev–Trinajstić information content (AvgIpc) is 3.11. The molecule has 0 amide bonds. The maximum atomic E-state index is 12.5. The molecule has 0 fully saturated rings. The minimum atomic E-state index is -3.72. The first kappa shape index (κ1) is 15.7. The van der Waals surface area contributed by atoms with Crippen molar-refractivity contribution in [2.75, 3.05) is 0 Å². The van der Waals surface area contributed by atoms with E-state index in [1.807, 2.05) is 31.2 Å². The summed E-state index contributed by atoms with van der Waals surface area (Å²) in [6.45, 7) is 2.13. The largest absolute Gasteiger partial charge is 0.417 e. The van der Waals surface area contributed by atoms with E-state index in [1.54, 1.807) is 0 Å². The van der Waals surface area contributed by atoms with Gasteiger partial charge in [-0.3, -0.25) is 4.98 Å². The first-order valence-electron chi connectivity index (χ1n) is 7.61. The van der Waals surface area contributed by atoms with E-state index < -0.39 is 15.8 Å². The molecule has 0 aliphatic heterocycles. The van der Waals surface area contributed by atoms with E-state index in [0.29, 0.717) is 5.52 Å². The highest BCUT2D eigenvalue weighted by molar-refractivity contribution is 7.89. The van der Waals surface area contributed by atoms with E-state index in [0.717, 1.165) is 22.2 Å². The zero-order chi connectivity index (χ0) is 17.6. The third-order valence-electron chi connectivity index (χ3n) is 3.99. The number of benzene rings is 2. The van der Waals surface area contributed by atoms with Crippen LogP contribution in [0.1, 0.15) is 11.3 Å². The van der Waals surface area contributed by atoms with E-state index in [4.69, 9.17) is 4.42 Å². The second kappa shape index (κ2) is 5.61. The number of hydrogen-bond acceptors (Lipinski definition) is 4. The molecule has 0 radical (unpaired) electrons. The Labute approximate surface area is 142 Å². The van der Waals surface area contributed by atoms with Gasteiger partial charge in [0.2, 0.25) is 10.0 Å². The van der Waals surface area contributed by atoms with Crippen molar-refractivity contribution >= 4 is 32.0 Å². The monoisotopic (exact) mass is 357 g/mol. The normalized spacial score (nSPS) is 12.2. The van der Waals surface area contributed by atoms with Gasteiger partial charge in [-0.25, -0.2) is 17.9 Å². The summed E-state index contributed by atoms with van der Waals surface area (Å²) in [6.07, 6.45) is 0. The lowest BCUT2D eigenvalue weighted by atomic mass is 10.1. The molecule has 4 rings (SSSR count). The van der Waals surface area contributed by atoms with Gasteiger partial charge in [0.05, 0.1) is 10.4 Å². The predicted molar refractivity (Wildman–Crippen MR) is 93.9 cm³/mol. The lowest BCUT2D eigenvalue weighted by Gasteiger charge is -2.07. The van der Waals surface area contributed by atoms with Gasteiger partial charge in [-0.05, 0) is 48.2 Å². The summed E-state index contributed by atoms with van der Waals surface area (Å²) in [5.41, 5.74) is 3.57. The highest BCUT2D eigenvalue weighted by atomic mass is 32.2. The lowest BCUT2D eigenvalue weighted by molar-refractivity contribution is 0.553. The average molecular weight is 357 g/mol. The number of H-pyrrole nitrogens is 2. The van der Waals surface area contributed by atoms with Crippen LogP contribution in [0.2, 0.25) is 0 Å². The molecule has 0 aliphatic rings. The third-order valence-corrected chi connectivity index (χ3v) is 5.39. The molecule has 128 valence electrons. The summed E-state index contributed by atoms with van der Waals surface area (Å²) >= 11 is 0. The van der Waals surface area contributed by atoms with Crippen LogP contribution in [0.4, 0.5) is 0 Å². The molecule has 0 unspecified atom stereocenters. The van der Waals surface area contributed by atoms with Gasteiger partial charge in [0, 0.05) is 23.8 Å². The topological polar surface area (TPSA) is 108 Å². The van der Waals surface area contributed by atoms with Gasteiger partial charge in [0.25, 0.3) is 0 Å². The fourth-order valence-electron chi connectivity index (χ4n) is 2.79. The number of aromatic nitrogens is 2. The molecule has 0 saturated carbocycles. The van der Waals surface area contributed by atoms with Crippen molar-refractivity contribution in [3.63, 3.8) is 0 Å². The minimum absolute atomic E-state index is 0.0429. The Kier molecular flexibility index (Phi) is 3.52. The van der Waals surface area contributed by atoms with Crippen LogP contribution in [0, 0.1) is 6.92 Å². The fraction of sp³-hybridized carbons (Fsp3) is 0.118. The summed E-state index contributed by atoms with van der Waals surface area (Å²) in [5, 5.41) is 1.03. The van der Waals surface area contributed by atoms with Crippen molar-refractivity contribution in [3.8, 4) is 0 Å². The van der Waals surface area contributed by atoms with Crippen LogP contribution in [-0.4, -0.2) is 18.4 Å². The molecule has 0 spiro atoms. The van der Waals surface area contributed by atoms with E-state index >= 15 is 0 Å². The van der Waals surface area contributed by atoms with Gasteiger partial charge in [-0.15, -0.1) is 0 Å². The Morgan fingerprint density at radius 2 is 1.84 bits per heavy atom. The Morgan fingerprint density at radius 1 is 1.04 bits per heavy atom. The minimum Gasteiger partial charge on any atom is -0.408 e. The van der Waals surface area contributed by atoms with E-state index in [9.17, 15) is 13.2 Å². The van der Waals surface area contributed by atoms with Crippen molar-refractivity contribution in [2.24, 2.45) is 0 Å². The van der Waals surface area contributed by atoms with E-state index in [2.05, 4.69) is 14.7 Å². The van der Waals surface area contributed by atoms with Crippen molar-refractivity contribution < 1.29 is 12.8 Å². The smallest absolute Gasteiger partial charge is 0.408 e. The highest BCUT2D eigenvalue weighted by Gasteiger charge is 2.16. The van der Waals surface area contributed by atoms with E-state index in [-0.39, 0.29) is 17.0 Å². The van der Waals surface area contributed by atoms with Gasteiger partial charge >= 0.3 is 5.76 Å². The van der Waals surface area contributed by atoms with Crippen LogP contribution in [0.3, 0.4) is 0 Å². The van der Waals surface area contributed by atoms with Crippen LogP contribution in [0.5, 0.6) is 0 Å². The first-order valence-corrected chi connectivity index (χ1v) is 9.10. The molecular weight excluding hydrogens is 342 g/mol. The number of hydrogen-bond donors (Lipinski definition) is 3. The van der Waals surface area contributed by atoms with Crippen LogP contribution >= 0.6 is 0 Å². The Morgan fingerprint density at radius 3 is 2.68 bits per heavy atom. The van der Waals surface area contributed by atoms with Crippen LogP contribution in [0.15, 0.2) is 56.6 Å². The molecule has 25 heavy (non-hydrogen) atoms. The molecule has 0 atom stereocenters. The Hall–Kier alpha value is -2.84. The van der Waals surface area contributed by atoms with Gasteiger partial charge in [-0.1, -0.05) is 6.07 Å². The van der Waals surface area contributed by atoms with Crippen LogP contribution in [0.25, 0.3) is 22.0 Å². The number of sulfonamides is 1. The van der Waals surface area contributed by atoms with Crippen molar-refractivity contribution in [3.05, 3.63) is 64.3 Å². The van der Waals surface area contributed by atoms with Gasteiger partial charge in [-0.2, -0.15) is 0 Å². The Bertz CT molecular complexity index is 1250. The molecule has 2 aromatic heterocycles. The molecule has 3 N–H and O–H groups in total. The summed E-state index contributed by atoms with van der Waals surface area (Å²) < 4.78 is 32.4. The summed E-state index contributed by atoms with van der Waals surface area (Å²) in [6, 6.07) is 12.0. The highest BCUT2D eigenvalue weighted by Crippen LogP contribution is 2.19. The third kappa shape index (κ3) is 2.97. The number of aromatic amines is 2. The standard InChI is InChI=1S/C17H15N3O4S/c1-10-6-12-7-11(2-4-14(12)19-10)9-18-25(22,23)13-3-5-15-16(8-13)24-17(21)20-15/h2-8,18-19H,9H2,1H3,(H,20,21). The Balaban J connectivity index is 1.59. The summed E-state index contributed by atoms with van der Waals surface area (Å²) in [7, 11) is -3.72. The molecule has 7 nitrogen and oxygen atoms in total. The number of aryl methyl sites for hydroxylation is 1. The number of oxazole rings is 1. The molecule has 4 aromatic rings. The van der Waals surface area contributed by atoms with Crippen LogP contribution < -0.4 is 10.5 Å². The zero-order valence-electron chi connectivity index (χ0n) is 13.3. The van der Waals surface area contributed by atoms with Gasteiger partial charge in [0.15, 0.2) is 5.58 Å². The molecule has 2 aromatic carbocycles. The quantitative estimate of drug-likeness (QED) is 0.521. The molecule has 0 bridgehead atoms. The maximum absolute atomic E-state index is 12.5. The molecule has 2 heterocycles. The fourth-order valence-corrected chi connectivity index (χ4v) is 3.82. The molecule has 0 saturated heterocycles. The molecule has 8 heteroatoms. The summed E-state index contributed by atoms with van der Waals surface area (Å²) in [5.74, 6) is -0.618. The second-order valence-corrected chi connectivity index (χ2v) is 7.64. The second-order valence-electron chi connectivity index (χ2n) is 5.87. The van der Waals surface area contributed by atoms with Crippen molar-refractivity contribution in [1.29, 1.82) is 0 Å². The van der Waals surface area contributed by atoms with E-state index in [1.165, 1.54) is 18.2 Å². The maximum Gasteiger partial charge on any atom is 0.417 e. The van der Waals surface area contributed by atoms with Gasteiger partial charge in [0.1, 0.15) is 0 Å². The SMILES string of the molecule is Cc1cc2cc(CNS(=O)(=O)c3ccc4[nH]c(=O)oc4c3)ccc2[nH]1. The lowest BCUT2D eigenvalue weighted by Crippen LogP contribution is -2.23. The van der Waals surface area contributed by atoms with Crippen molar-refractivity contribution in [2.45, 2.75) is 18.4 Å². The van der Waals surface area contributed by atoms with Gasteiger partial charge < -0.3 is 9.40 Å². The first-order chi connectivity index (χ1) is 11.9. The predicted octanol–water partition coefficient (Wildman–Crippen LogP) is 2.39. The van der Waals surface area contributed by atoms with Crippen molar-refractivity contribution in [1.82, 2.24) is 14.7 Å².